The largest absolute Gasteiger partial charge is 0.350 e. The van der Waals surface area contributed by atoms with Gasteiger partial charge in [0.2, 0.25) is 0 Å². The minimum atomic E-state index is -0.733. The second-order valence-corrected chi connectivity index (χ2v) is 5.83. The quantitative estimate of drug-likeness (QED) is 0.638. The molecule has 0 saturated carbocycles. The Morgan fingerprint density at radius 2 is 2.16 bits per heavy atom. The van der Waals surface area contributed by atoms with Crippen LogP contribution in [0.3, 0.4) is 0 Å². The van der Waals surface area contributed by atoms with Crippen LogP contribution < -0.4 is 11.2 Å². The van der Waals surface area contributed by atoms with Crippen molar-refractivity contribution in [3.05, 3.63) is 33.3 Å². The lowest BCUT2D eigenvalue weighted by Crippen LogP contribution is -2.24. The van der Waals surface area contributed by atoms with Crippen molar-refractivity contribution in [3.8, 4) is 0 Å². The Kier molecular flexibility index (Phi) is 4.62. The number of nitrogens with zero attached hydrogens (tertiary/aromatic N) is 1. The van der Waals surface area contributed by atoms with Gasteiger partial charge in [0.05, 0.1) is 16.3 Å². The molecule has 0 aliphatic carbocycles. The molecule has 1 aromatic rings. The average molecular weight is 337 g/mol. The number of fused-ring (bicyclic) bond motifs is 1. The van der Waals surface area contributed by atoms with Crippen LogP contribution in [-0.2, 0) is 0 Å². The number of halogens is 3. The van der Waals surface area contributed by atoms with Crippen molar-refractivity contribution in [2.45, 2.75) is 4.90 Å². The zero-order valence-corrected chi connectivity index (χ0v) is 12.5. The Hall–Kier alpha value is -0.880. The number of primary amides is 1. The standard InChI is InChI=1S/C11H8Cl3N3OS/c12-6-1-7-9(14)5(3-16-17-11(15)18)4-19-10(7)8(13)2-6/h1-3H,4H2,(H3,15,17,18). The highest BCUT2D eigenvalue weighted by Crippen LogP contribution is 2.43. The van der Waals surface area contributed by atoms with Gasteiger partial charge in [-0.2, -0.15) is 5.10 Å². The first kappa shape index (κ1) is 14.5. The summed E-state index contributed by atoms with van der Waals surface area (Å²) in [7, 11) is 0. The first-order chi connectivity index (χ1) is 8.99. The van der Waals surface area contributed by atoms with Crippen molar-refractivity contribution in [2.75, 3.05) is 5.75 Å². The molecule has 0 saturated heterocycles. The summed E-state index contributed by atoms with van der Waals surface area (Å²) in [5, 5.41) is 5.28. The highest BCUT2D eigenvalue weighted by molar-refractivity contribution is 7.99. The topological polar surface area (TPSA) is 67.5 Å². The summed E-state index contributed by atoms with van der Waals surface area (Å²) in [6, 6.07) is 2.68. The fraction of sp³-hybridized carbons (Fsp3) is 0.0909. The maximum atomic E-state index is 10.5. The summed E-state index contributed by atoms with van der Waals surface area (Å²) >= 11 is 19.9. The van der Waals surface area contributed by atoms with Gasteiger partial charge in [-0.15, -0.1) is 11.8 Å². The lowest BCUT2D eigenvalue weighted by Gasteiger charge is -2.18. The number of urea groups is 1. The number of benzene rings is 1. The highest BCUT2D eigenvalue weighted by Gasteiger charge is 2.20. The third-order valence-electron chi connectivity index (χ3n) is 2.29. The number of hydrogen-bond donors (Lipinski definition) is 2. The molecule has 1 aromatic carbocycles. The Bertz CT molecular complexity index is 601. The predicted octanol–water partition coefficient (Wildman–Crippen LogP) is 3.70. The smallest absolute Gasteiger partial charge is 0.332 e. The zero-order chi connectivity index (χ0) is 14.0. The van der Waals surface area contributed by atoms with Crippen LogP contribution in [0.25, 0.3) is 5.03 Å². The Balaban J connectivity index is 2.37. The number of nitrogens with one attached hydrogen (secondary N) is 1. The van der Waals surface area contributed by atoms with Crippen LogP contribution in [0.2, 0.25) is 10.0 Å². The summed E-state index contributed by atoms with van der Waals surface area (Å²) in [4.78, 5) is 11.4. The molecule has 1 aliphatic rings. The van der Waals surface area contributed by atoms with Crippen molar-refractivity contribution in [1.82, 2.24) is 5.43 Å². The van der Waals surface area contributed by atoms with Crippen LogP contribution >= 0.6 is 46.6 Å². The molecule has 3 N–H and O–H groups in total. The van der Waals surface area contributed by atoms with Gasteiger partial charge < -0.3 is 5.73 Å². The first-order valence-electron chi connectivity index (χ1n) is 5.08. The lowest BCUT2D eigenvalue weighted by atomic mass is 10.1. The third-order valence-corrected chi connectivity index (χ3v) is 4.55. The molecule has 2 amide bonds. The molecule has 0 radical (unpaired) electrons. The van der Waals surface area contributed by atoms with Crippen LogP contribution in [0.5, 0.6) is 0 Å². The Morgan fingerprint density at radius 3 is 2.84 bits per heavy atom. The molecule has 100 valence electrons. The van der Waals surface area contributed by atoms with E-state index in [-0.39, 0.29) is 0 Å². The molecule has 19 heavy (non-hydrogen) atoms. The maximum absolute atomic E-state index is 10.5. The fourth-order valence-electron chi connectivity index (χ4n) is 1.52. The van der Waals surface area contributed by atoms with E-state index >= 15 is 0 Å². The van der Waals surface area contributed by atoms with Gasteiger partial charge in [-0.3, -0.25) is 0 Å². The maximum Gasteiger partial charge on any atom is 0.332 e. The van der Waals surface area contributed by atoms with Crippen molar-refractivity contribution in [2.24, 2.45) is 10.8 Å². The highest BCUT2D eigenvalue weighted by atomic mass is 35.5. The molecule has 0 atom stereocenters. The summed E-state index contributed by atoms with van der Waals surface area (Å²) in [6.07, 6.45) is 1.46. The van der Waals surface area contributed by atoms with E-state index in [0.717, 1.165) is 16.0 Å². The van der Waals surface area contributed by atoms with Crippen molar-refractivity contribution in [3.63, 3.8) is 0 Å². The SMILES string of the molecule is NC(=O)NN=CC1=C(Cl)c2cc(Cl)cc(Cl)c2SC1. The van der Waals surface area contributed by atoms with Gasteiger partial charge in [-0.25, -0.2) is 10.2 Å². The van der Waals surface area contributed by atoms with E-state index in [9.17, 15) is 4.79 Å². The molecule has 8 heteroatoms. The van der Waals surface area contributed by atoms with Gasteiger partial charge in [0.15, 0.2) is 0 Å². The summed E-state index contributed by atoms with van der Waals surface area (Å²) in [5.41, 5.74) is 8.54. The van der Waals surface area contributed by atoms with Crippen LogP contribution in [0.4, 0.5) is 4.79 Å². The second kappa shape index (κ2) is 6.05. The predicted molar refractivity (Wildman–Crippen MR) is 81.2 cm³/mol. The molecule has 1 aliphatic heterocycles. The van der Waals surface area contributed by atoms with E-state index in [1.807, 2.05) is 0 Å². The number of nitrogens with two attached hydrogens (primary N) is 1. The number of carbonyl (C=O) groups excluding carboxylic acids is 1. The molecular formula is C11H8Cl3N3OS. The molecule has 0 spiro atoms. The van der Waals surface area contributed by atoms with Crippen LogP contribution in [0.15, 0.2) is 27.7 Å². The van der Waals surface area contributed by atoms with Gasteiger partial charge in [0.1, 0.15) is 0 Å². The van der Waals surface area contributed by atoms with E-state index in [4.69, 9.17) is 40.5 Å². The van der Waals surface area contributed by atoms with E-state index in [1.54, 1.807) is 12.1 Å². The Morgan fingerprint density at radius 1 is 1.42 bits per heavy atom. The minimum Gasteiger partial charge on any atom is -0.350 e. The van der Waals surface area contributed by atoms with E-state index in [1.165, 1.54) is 18.0 Å². The van der Waals surface area contributed by atoms with E-state index < -0.39 is 6.03 Å². The van der Waals surface area contributed by atoms with Crippen LogP contribution in [0, 0.1) is 0 Å². The lowest BCUT2D eigenvalue weighted by molar-refractivity contribution is 0.249. The molecule has 2 rings (SSSR count). The normalized spacial score (nSPS) is 14.7. The average Bonchev–Trinajstić information content (AvgIpc) is 2.32. The number of carbonyl (C=O) groups is 1. The molecule has 4 nitrogen and oxygen atoms in total. The minimum absolute atomic E-state index is 0.508. The Labute approximate surface area is 129 Å². The van der Waals surface area contributed by atoms with Crippen LogP contribution in [0.1, 0.15) is 5.56 Å². The van der Waals surface area contributed by atoms with Crippen molar-refractivity contribution >= 4 is 63.8 Å². The van der Waals surface area contributed by atoms with Gasteiger partial charge >= 0.3 is 6.03 Å². The van der Waals surface area contributed by atoms with Gasteiger partial charge in [0, 0.05) is 26.8 Å². The summed E-state index contributed by atoms with van der Waals surface area (Å²) in [6.45, 7) is 0. The monoisotopic (exact) mass is 335 g/mol. The number of hydrogen-bond acceptors (Lipinski definition) is 3. The van der Waals surface area contributed by atoms with E-state index in [2.05, 4.69) is 10.5 Å². The molecule has 0 unspecified atom stereocenters. The first-order valence-corrected chi connectivity index (χ1v) is 7.20. The molecule has 0 bridgehead atoms. The molecule has 0 aromatic heterocycles. The summed E-state index contributed by atoms with van der Waals surface area (Å²) < 4.78 is 0. The van der Waals surface area contributed by atoms with Crippen molar-refractivity contribution in [1.29, 1.82) is 0 Å². The van der Waals surface area contributed by atoms with Gasteiger partial charge in [0.25, 0.3) is 0 Å². The number of rotatable bonds is 2. The van der Waals surface area contributed by atoms with E-state index in [0.29, 0.717) is 20.8 Å². The molecular weight excluding hydrogens is 329 g/mol. The summed E-state index contributed by atoms with van der Waals surface area (Å²) in [5.74, 6) is 0.594. The van der Waals surface area contributed by atoms with Crippen molar-refractivity contribution < 1.29 is 4.79 Å². The van der Waals surface area contributed by atoms with Gasteiger partial charge in [-0.05, 0) is 12.1 Å². The number of hydrazone groups is 1. The third kappa shape index (κ3) is 3.36. The number of thioether (sulfide) groups is 1. The zero-order valence-electron chi connectivity index (χ0n) is 9.41. The van der Waals surface area contributed by atoms with Gasteiger partial charge in [-0.1, -0.05) is 34.8 Å². The van der Waals surface area contributed by atoms with Crippen LogP contribution in [-0.4, -0.2) is 18.0 Å². The fourth-order valence-corrected chi connectivity index (χ4v) is 3.61. The second-order valence-electron chi connectivity index (χ2n) is 3.63. The molecule has 0 fully saturated rings. The number of amides is 2. The molecule has 1 heterocycles.